The van der Waals surface area contributed by atoms with Crippen molar-refractivity contribution < 1.29 is 19.1 Å². The number of rotatable bonds is 9. The Labute approximate surface area is 203 Å². The van der Waals surface area contributed by atoms with Crippen molar-refractivity contribution in [2.45, 2.75) is 44.9 Å². The van der Waals surface area contributed by atoms with Gasteiger partial charge in [-0.3, -0.25) is 14.5 Å². The maximum absolute atomic E-state index is 12.6. The van der Waals surface area contributed by atoms with E-state index in [2.05, 4.69) is 10.6 Å². The van der Waals surface area contributed by atoms with Gasteiger partial charge in [0.25, 0.3) is 0 Å². The monoisotopic (exact) mass is 491 g/mol. The third-order valence-corrected chi connectivity index (χ3v) is 5.95. The Hall–Kier alpha value is -2.77. The highest BCUT2D eigenvalue weighted by Crippen LogP contribution is 2.21. The minimum atomic E-state index is -0.547. The Morgan fingerprint density at radius 2 is 1.85 bits per heavy atom. The summed E-state index contributed by atoms with van der Waals surface area (Å²) >= 11 is 12.0. The average molecular weight is 492 g/mol. The zero-order valence-corrected chi connectivity index (χ0v) is 19.7. The highest BCUT2D eigenvalue weighted by molar-refractivity contribution is 6.35. The van der Waals surface area contributed by atoms with Crippen LogP contribution in [0.15, 0.2) is 48.5 Å². The van der Waals surface area contributed by atoms with Crippen LogP contribution in [0.2, 0.25) is 10.0 Å². The molecule has 1 aliphatic heterocycles. The van der Waals surface area contributed by atoms with Gasteiger partial charge in [0.2, 0.25) is 11.8 Å². The number of amides is 3. The first-order valence-corrected chi connectivity index (χ1v) is 11.7. The maximum atomic E-state index is 12.6. The van der Waals surface area contributed by atoms with Gasteiger partial charge in [0, 0.05) is 36.1 Å². The molecule has 1 fully saturated rings. The minimum Gasteiger partial charge on any atom is -0.445 e. The first-order chi connectivity index (χ1) is 15.9. The van der Waals surface area contributed by atoms with Gasteiger partial charge >= 0.3 is 6.09 Å². The molecule has 9 heteroatoms. The second kappa shape index (κ2) is 12.5. The quantitative estimate of drug-likeness (QED) is 0.511. The number of hydrogen-bond acceptors (Lipinski definition) is 4. The van der Waals surface area contributed by atoms with Gasteiger partial charge in [0.15, 0.2) is 0 Å². The number of halogens is 2. The molecule has 2 aromatic rings. The SMILES string of the molecule is O=C(CCCNC(=O)[C@@H]1CCCN1C(=O)OCc1ccccc1)NCc1ccc(Cl)cc1Cl. The van der Waals surface area contributed by atoms with Gasteiger partial charge in [-0.05, 0) is 42.5 Å². The Balaban J connectivity index is 1.35. The van der Waals surface area contributed by atoms with Gasteiger partial charge in [-0.25, -0.2) is 4.79 Å². The number of carbonyl (C=O) groups is 3. The predicted octanol–water partition coefficient (Wildman–Crippen LogP) is 4.31. The molecule has 33 heavy (non-hydrogen) atoms. The fraction of sp³-hybridized carbons (Fsp3) is 0.375. The van der Waals surface area contributed by atoms with E-state index in [1.54, 1.807) is 18.2 Å². The topological polar surface area (TPSA) is 87.7 Å². The summed E-state index contributed by atoms with van der Waals surface area (Å²) in [5, 5.41) is 6.66. The number of benzene rings is 2. The van der Waals surface area contributed by atoms with Crippen LogP contribution in [0, 0.1) is 0 Å². The van der Waals surface area contributed by atoms with Crippen molar-refractivity contribution >= 4 is 41.1 Å². The summed E-state index contributed by atoms with van der Waals surface area (Å²) in [5.74, 6) is -0.361. The molecule has 1 saturated heterocycles. The van der Waals surface area contributed by atoms with Gasteiger partial charge in [-0.1, -0.05) is 59.6 Å². The standard InChI is InChI=1S/C24H27Cl2N3O4/c25-19-11-10-18(20(26)14-19)15-28-22(30)9-4-12-27-23(31)21-8-5-13-29(21)24(32)33-16-17-6-2-1-3-7-17/h1-3,6-7,10-11,14,21H,4-5,8-9,12-13,15-16H2,(H,27,31)(H,28,30)/t21-/m0/s1. The molecule has 0 bridgehead atoms. The number of ether oxygens (including phenoxy) is 1. The number of nitrogens with zero attached hydrogens (tertiary/aromatic N) is 1. The molecule has 0 spiro atoms. The van der Waals surface area contributed by atoms with Gasteiger partial charge < -0.3 is 15.4 Å². The molecule has 0 aliphatic carbocycles. The van der Waals surface area contributed by atoms with Crippen molar-refractivity contribution in [3.05, 3.63) is 69.7 Å². The molecule has 1 atom stereocenters. The van der Waals surface area contributed by atoms with E-state index in [9.17, 15) is 14.4 Å². The fourth-order valence-electron chi connectivity index (χ4n) is 3.59. The van der Waals surface area contributed by atoms with Crippen LogP contribution >= 0.6 is 23.2 Å². The molecule has 7 nitrogen and oxygen atoms in total. The van der Waals surface area contributed by atoms with Crippen LogP contribution in [0.3, 0.4) is 0 Å². The molecule has 3 amide bonds. The molecule has 176 valence electrons. The Kier molecular flexibility index (Phi) is 9.39. The van der Waals surface area contributed by atoms with E-state index in [-0.39, 0.29) is 24.8 Å². The molecule has 0 saturated carbocycles. The van der Waals surface area contributed by atoms with E-state index in [0.29, 0.717) is 42.5 Å². The van der Waals surface area contributed by atoms with Crippen LogP contribution in [0.5, 0.6) is 0 Å². The van der Waals surface area contributed by atoms with Crippen LogP contribution in [0.4, 0.5) is 4.79 Å². The second-order valence-corrected chi connectivity index (χ2v) is 8.64. The van der Waals surface area contributed by atoms with Crippen molar-refractivity contribution in [2.75, 3.05) is 13.1 Å². The lowest BCUT2D eigenvalue weighted by atomic mass is 10.2. The molecule has 3 rings (SSSR count). The smallest absolute Gasteiger partial charge is 0.410 e. The number of nitrogens with one attached hydrogen (secondary N) is 2. The van der Waals surface area contributed by atoms with Crippen molar-refractivity contribution in [1.82, 2.24) is 15.5 Å². The van der Waals surface area contributed by atoms with Crippen molar-refractivity contribution in [1.29, 1.82) is 0 Å². The lowest BCUT2D eigenvalue weighted by Crippen LogP contribution is -2.46. The summed E-state index contributed by atoms with van der Waals surface area (Å²) in [7, 11) is 0. The highest BCUT2D eigenvalue weighted by Gasteiger charge is 2.34. The summed E-state index contributed by atoms with van der Waals surface area (Å²) in [6.45, 7) is 1.31. The molecule has 0 radical (unpaired) electrons. The minimum absolute atomic E-state index is 0.137. The van der Waals surface area contributed by atoms with Crippen LogP contribution in [0.25, 0.3) is 0 Å². The van der Waals surface area contributed by atoms with Crippen molar-refractivity contribution in [3.8, 4) is 0 Å². The summed E-state index contributed by atoms with van der Waals surface area (Å²) in [4.78, 5) is 38.5. The third-order valence-electron chi connectivity index (χ3n) is 5.37. The summed E-state index contributed by atoms with van der Waals surface area (Å²) < 4.78 is 5.37. The van der Waals surface area contributed by atoms with Gasteiger partial charge in [-0.15, -0.1) is 0 Å². The van der Waals surface area contributed by atoms with E-state index >= 15 is 0 Å². The molecule has 1 aliphatic rings. The number of carbonyl (C=O) groups excluding carboxylic acids is 3. The Bertz CT molecular complexity index is 971. The Morgan fingerprint density at radius 3 is 2.61 bits per heavy atom. The second-order valence-electron chi connectivity index (χ2n) is 7.80. The predicted molar refractivity (Wildman–Crippen MR) is 127 cm³/mol. The van der Waals surface area contributed by atoms with Crippen LogP contribution in [-0.2, 0) is 27.5 Å². The summed E-state index contributed by atoms with van der Waals surface area (Å²) in [6, 6.07) is 14.0. The normalized spacial score (nSPS) is 15.2. The van der Waals surface area contributed by atoms with Gasteiger partial charge in [0.05, 0.1) is 0 Å². The summed E-state index contributed by atoms with van der Waals surface area (Å²) in [5.41, 5.74) is 1.67. The first kappa shape index (κ1) is 24.9. The molecule has 2 N–H and O–H groups in total. The van der Waals surface area contributed by atoms with Gasteiger partial charge in [-0.2, -0.15) is 0 Å². The molecular weight excluding hydrogens is 465 g/mol. The largest absolute Gasteiger partial charge is 0.445 e. The van der Waals surface area contributed by atoms with E-state index in [1.165, 1.54) is 4.90 Å². The third kappa shape index (κ3) is 7.65. The van der Waals surface area contributed by atoms with E-state index in [1.807, 2.05) is 30.3 Å². The van der Waals surface area contributed by atoms with E-state index in [4.69, 9.17) is 27.9 Å². The zero-order valence-electron chi connectivity index (χ0n) is 18.2. The van der Waals surface area contributed by atoms with E-state index < -0.39 is 12.1 Å². The highest BCUT2D eigenvalue weighted by atomic mass is 35.5. The molecule has 2 aromatic carbocycles. The Morgan fingerprint density at radius 1 is 1.06 bits per heavy atom. The van der Waals surface area contributed by atoms with Crippen LogP contribution < -0.4 is 10.6 Å². The van der Waals surface area contributed by atoms with E-state index in [0.717, 1.165) is 17.5 Å². The number of hydrogen-bond donors (Lipinski definition) is 2. The lowest BCUT2D eigenvalue weighted by molar-refractivity contribution is -0.125. The molecule has 0 aromatic heterocycles. The maximum Gasteiger partial charge on any atom is 0.410 e. The average Bonchev–Trinajstić information content (AvgIpc) is 3.30. The molecule has 0 unspecified atom stereocenters. The van der Waals surface area contributed by atoms with Crippen molar-refractivity contribution in [3.63, 3.8) is 0 Å². The van der Waals surface area contributed by atoms with Crippen LogP contribution in [-0.4, -0.2) is 41.9 Å². The molecular formula is C24H27Cl2N3O4. The number of likely N-dealkylation sites (tertiary alicyclic amines) is 1. The fourth-order valence-corrected chi connectivity index (χ4v) is 4.06. The first-order valence-electron chi connectivity index (χ1n) is 10.9. The van der Waals surface area contributed by atoms with Crippen molar-refractivity contribution in [2.24, 2.45) is 0 Å². The summed E-state index contributed by atoms with van der Waals surface area (Å²) in [6.07, 6.45) is 1.59. The molecule has 1 heterocycles. The van der Waals surface area contributed by atoms with Gasteiger partial charge in [0.1, 0.15) is 12.6 Å². The zero-order chi connectivity index (χ0) is 23.6. The van der Waals surface area contributed by atoms with Crippen LogP contribution in [0.1, 0.15) is 36.8 Å². The lowest BCUT2D eigenvalue weighted by Gasteiger charge is -2.23.